The fourth-order valence-corrected chi connectivity index (χ4v) is 4.54. The Hall–Kier alpha value is -3.75. The number of nitrogens with zero attached hydrogens (tertiary/aromatic N) is 2. The molecule has 0 aliphatic rings. The smallest absolute Gasteiger partial charge is 0.257 e. The summed E-state index contributed by atoms with van der Waals surface area (Å²) < 4.78 is 26.0. The Bertz CT molecular complexity index is 1310. The third-order valence-corrected chi connectivity index (χ3v) is 6.68. The van der Waals surface area contributed by atoms with Crippen LogP contribution in [0.3, 0.4) is 0 Å². The Labute approximate surface area is 213 Å². The number of benzene rings is 3. The van der Waals surface area contributed by atoms with Crippen LogP contribution in [0.2, 0.25) is 0 Å². The maximum absolute atomic E-state index is 14.6. The van der Waals surface area contributed by atoms with Gasteiger partial charge in [-0.25, -0.2) is 9.37 Å². The lowest BCUT2D eigenvalue weighted by Gasteiger charge is -2.30. The normalized spacial score (nSPS) is 11.7. The van der Waals surface area contributed by atoms with Crippen LogP contribution in [-0.2, 0) is 19.8 Å². The average molecular weight is 507 g/mol. The van der Waals surface area contributed by atoms with Crippen LogP contribution in [-0.4, -0.2) is 28.0 Å². The minimum atomic E-state index is -0.558. The second-order valence-corrected chi connectivity index (χ2v) is 9.11. The average Bonchev–Trinajstić information content (AvgIpc) is 3.39. The fourth-order valence-electron chi connectivity index (χ4n) is 3.84. The van der Waals surface area contributed by atoms with E-state index in [2.05, 4.69) is 4.98 Å². The predicted octanol–water partition coefficient (Wildman–Crippen LogP) is 5.77. The minimum absolute atomic E-state index is 0.0220. The maximum atomic E-state index is 14.6. The lowest BCUT2D eigenvalue weighted by Crippen LogP contribution is -2.33. The minimum Gasteiger partial charge on any atom is -0.493 e. The van der Waals surface area contributed by atoms with E-state index in [1.807, 2.05) is 49.4 Å². The van der Waals surface area contributed by atoms with Crippen LogP contribution in [0.15, 0.2) is 78.2 Å². The molecule has 1 N–H and O–H groups in total. The van der Waals surface area contributed by atoms with Crippen LogP contribution in [0.5, 0.6) is 11.5 Å². The van der Waals surface area contributed by atoms with Crippen molar-refractivity contribution in [3.05, 3.63) is 111 Å². The number of rotatable bonds is 10. The molecular formula is C28H27FN2O4S. The molecule has 1 unspecified atom stereocenters. The number of carbonyl (C=O) groups excluding carboxylic acids is 1. The van der Waals surface area contributed by atoms with Crippen molar-refractivity contribution in [1.29, 1.82) is 0 Å². The first-order valence-corrected chi connectivity index (χ1v) is 12.3. The lowest BCUT2D eigenvalue weighted by atomic mass is 10.0. The van der Waals surface area contributed by atoms with Gasteiger partial charge in [0.2, 0.25) is 0 Å². The number of aliphatic hydroxyl groups is 1. The molecule has 0 saturated heterocycles. The van der Waals surface area contributed by atoms with E-state index in [-0.39, 0.29) is 31.4 Å². The number of carbonyl (C=O) groups is 1. The summed E-state index contributed by atoms with van der Waals surface area (Å²) in [4.78, 5) is 19.5. The lowest BCUT2D eigenvalue weighted by molar-refractivity contribution is 0.0669. The van der Waals surface area contributed by atoms with Crippen LogP contribution >= 0.6 is 11.3 Å². The molecule has 0 fully saturated rings. The standard InChI is InChI=1S/C28H27FN2O4S/c1-19(21-8-4-3-5-9-21)31(28(33)23-10-6-7-11-24(23)29)15-20-12-13-25(34-2)26(14-20)35-17-27-30-22(16-32)18-36-27/h3-14,18-19,32H,15-17H2,1-2H3. The summed E-state index contributed by atoms with van der Waals surface area (Å²) in [7, 11) is 1.56. The zero-order valence-corrected chi connectivity index (χ0v) is 20.9. The monoisotopic (exact) mass is 506 g/mol. The molecule has 0 radical (unpaired) electrons. The number of methoxy groups -OCH3 is 1. The highest BCUT2D eigenvalue weighted by molar-refractivity contribution is 7.09. The number of thiazole rings is 1. The largest absolute Gasteiger partial charge is 0.493 e. The van der Waals surface area contributed by atoms with E-state index >= 15 is 0 Å². The number of amides is 1. The quantitative estimate of drug-likeness (QED) is 0.296. The molecule has 3 aromatic carbocycles. The Morgan fingerprint density at radius 1 is 1.08 bits per heavy atom. The predicted molar refractivity (Wildman–Crippen MR) is 136 cm³/mol. The summed E-state index contributed by atoms with van der Waals surface area (Å²) >= 11 is 1.40. The van der Waals surface area contributed by atoms with Gasteiger partial charge in [0.05, 0.1) is 31.0 Å². The molecule has 0 spiro atoms. The van der Waals surface area contributed by atoms with Crippen LogP contribution in [0, 0.1) is 5.82 Å². The van der Waals surface area contributed by atoms with E-state index in [0.29, 0.717) is 17.2 Å². The van der Waals surface area contributed by atoms with E-state index in [4.69, 9.17) is 9.47 Å². The maximum Gasteiger partial charge on any atom is 0.257 e. The highest BCUT2D eigenvalue weighted by Gasteiger charge is 2.25. The third kappa shape index (κ3) is 5.90. The van der Waals surface area contributed by atoms with Crippen molar-refractivity contribution in [3.63, 3.8) is 0 Å². The molecule has 0 aliphatic heterocycles. The first-order chi connectivity index (χ1) is 17.5. The van der Waals surface area contributed by atoms with Gasteiger partial charge in [-0.1, -0.05) is 48.5 Å². The highest BCUT2D eigenvalue weighted by atomic mass is 32.1. The SMILES string of the molecule is COc1ccc(CN(C(=O)c2ccccc2F)C(C)c2ccccc2)cc1OCc1nc(CO)cs1. The van der Waals surface area contributed by atoms with Crippen molar-refractivity contribution < 1.29 is 23.8 Å². The second-order valence-electron chi connectivity index (χ2n) is 8.16. The van der Waals surface area contributed by atoms with Gasteiger partial charge < -0.3 is 19.5 Å². The first-order valence-electron chi connectivity index (χ1n) is 11.4. The van der Waals surface area contributed by atoms with Crippen molar-refractivity contribution in [1.82, 2.24) is 9.88 Å². The molecule has 0 saturated carbocycles. The molecule has 1 atom stereocenters. The Balaban J connectivity index is 1.62. The summed E-state index contributed by atoms with van der Waals surface area (Å²) in [5.74, 6) is 0.0847. The molecule has 0 bridgehead atoms. The van der Waals surface area contributed by atoms with E-state index < -0.39 is 11.7 Å². The highest BCUT2D eigenvalue weighted by Crippen LogP contribution is 2.32. The molecule has 36 heavy (non-hydrogen) atoms. The van der Waals surface area contributed by atoms with Gasteiger partial charge in [-0.05, 0) is 42.3 Å². The Morgan fingerprint density at radius 3 is 2.53 bits per heavy atom. The van der Waals surface area contributed by atoms with Crippen molar-refractivity contribution in [3.8, 4) is 11.5 Å². The second kappa shape index (κ2) is 11.8. The molecule has 8 heteroatoms. The molecule has 6 nitrogen and oxygen atoms in total. The fraction of sp³-hybridized carbons (Fsp3) is 0.214. The first kappa shape index (κ1) is 25.3. The zero-order valence-electron chi connectivity index (χ0n) is 20.1. The number of ether oxygens (including phenoxy) is 2. The van der Waals surface area contributed by atoms with Crippen LogP contribution in [0.4, 0.5) is 4.39 Å². The van der Waals surface area contributed by atoms with Gasteiger partial charge in [0.15, 0.2) is 11.5 Å². The molecule has 1 amide bonds. The van der Waals surface area contributed by atoms with Crippen molar-refractivity contribution in [2.24, 2.45) is 0 Å². The van der Waals surface area contributed by atoms with Crippen LogP contribution in [0.25, 0.3) is 0 Å². The summed E-state index contributed by atoms with van der Waals surface area (Å²) in [6.07, 6.45) is 0. The molecule has 0 aliphatic carbocycles. The van der Waals surface area contributed by atoms with Crippen LogP contribution < -0.4 is 9.47 Å². The van der Waals surface area contributed by atoms with Gasteiger partial charge in [0, 0.05) is 11.9 Å². The molecular weight excluding hydrogens is 479 g/mol. The number of aliphatic hydroxyl groups excluding tert-OH is 1. The molecule has 1 aromatic heterocycles. The topological polar surface area (TPSA) is 71.9 Å². The van der Waals surface area contributed by atoms with E-state index in [0.717, 1.165) is 16.1 Å². The molecule has 186 valence electrons. The van der Waals surface area contributed by atoms with E-state index in [1.165, 1.54) is 23.5 Å². The zero-order chi connectivity index (χ0) is 25.5. The van der Waals surface area contributed by atoms with Crippen LogP contribution in [0.1, 0.15) is 45.2 Å². The molecule has 1 heterocycles. The van der Waals surface area contributed by atoms with Crippen molar-refractivity contribution in [2.75, 3.05) is 7.11 Å². The van der Waals surface area contributed by atoms with Gasteiger partial charge in [-0.3, -0.25) is 4.79 Å². The Kier molecular flexibility index (Phi) is 8.30. The molecule has 4 aromatic rings. The molecule has 4 rings (SSSR count). The number of hydrogen-bond acceptors (Lipinski definition) is 6. The van der Waals surface area contributed by atoms with Gasteiger partial charge in [-0.15, -0.1) is 11.3 Å². The number of halogens is 1. The van der Waals surface area contributed by atoms with Crippen molar-refractivity contribution >= 4 is 17.2 Å². The summed E-state index contributed by atoms with van der Waals surface area (Å²) in [5.41, 5.74) is 2.36. The van der Waals surface area contributed by atoms with E-state index in [9.17, 15) is 14.3 Å². The van der Waals surface area contributed by atoms with E-state index in [1.54, 1.807) is 35.6 Å². The summed E-state index contributed by atoms with van der Waals surface area (Å²) in [5, 5.41) is 11.7. The van der Waals surface area contributed by atoms with Gasteiger partial charge >= 0.3 is 0 Å². The third-order valence-electron chi connectivity index (χ3n) is 5.81. The Morgan fingerprint density at radius 2 is 1.83 bits per heavy atom. The summed E-state index contributed by atoms with van der Waals surface area (Å²) in [6.45, 7) is 2.25. The number of hydrogen-bond donors (Lipinski definition) is 1. The van der Waals surface area contributed by atoms with Crippen molar-refractivity contribution in [2.45, 2.75) is 32.7 Å². The van der Waals surface area contributed by atoms with Gasteiger partial charge in [-0.2, -0.15) is 0 Å². The van der Waals surface area contributed by atoms with Gasteiger partial charge in [0.1, 0.15) is 17.4 Å². The van der Waals surface area contributed by atoms with Gasteiger partial charge in [0.25, 0.3) is 5.91 Å². The number of aromatic nitrogens is 1. The summed E-state index contributed by atoms with van der Waals surface area (Å²) in [6, 6.07) is 20.8.